The Morgan fingerprint density at radius 1 is 1.55 bits per heavy atom. The molecule has 0 aromatic heterocycles. The number of aromatic carboxylic acids is 1. The number of likely N-dealkylation sites (N-methyl/N-ethyl adjacent to an activating group) is 1. The molecule has 1 N–H and O–H groups in total. The van der Waals surface area contributed by atoms with Crippen molar-refractivity contribution in [1.29, 1.82) is 0 Å². The molecule has 5 heteroatoms. The van der Waals surface area contributed by atoms with E-state index in [1.54, 1.807) is 12.1 Å². The minimum Gasteiger partial charge on any atom is -0.478 e. The highest BCUT2D eigenvalue weighted by Gasteiger charge is 2.19. The standard InChI is InChI=1S/C15H20BrNO3/c1-2-17(10-13-4-3-7-20-13)9-12-6-5-11(15(18)19)8-14(12)16/h5-6,8,13H,2-4,7,9-10H2,1H3,(H,18,19). The van der Waals surface area contributed by atoms with Gasteiger partial charge in [0.1, 0.15) is 0 Å². The van der Waals surface area contributed by atoms with Crippen LogP contribution in [0.4, 0.5) is 0 Å². The van der Waals surface area contributed by atoms with E-state index < -0.39 is 5.97 Å². The molecule has 1 fully saturated rings. The third kappa shape index (κ3) is 4.04. The number of carbonyl (C=O) groups is 1. The van der Waals surface area contributed by atoms with Crippen LogP contribution in [-0.2, 0) is 11.3 Å². The quantitative estimate of drug-likeness (QED) is 0.863. The van der Waals surface area contributed by atoms with Gasteiger partial charge in [-0.2, -0.15) is 0 Å². The molecular formula is C15H20BrNO3. The van der Waals surface area contributed by atoms with E-state index in [2.05, 4.69) is 27.8 Å². The van der Waals surface area contributed by atoms with Crippen molar-refractivity contribution in [1.82, 2.24) is 4.90 Å². The van der Waals surface area contributed by atoms with Gasteiger partial charge in [0.25, 0.3) is 0 Å². The Morgan fingerprint density at radius 3 is 2.90 bits per heavy atom. The summed E-state index contributed by atoms with van der Waals surface area (Å²) >= 11 is 3.46. The van der Waals surface area contributed by atoms with Crippen LogP contribution < -0.4 is 0 Å². The molecule has 1 unspecified atom stereocenters. The number of nitrogens with zero attached hydrogens (tertiary/aromatic N) is 1. The highest BCUT2D eigenvalue weighted by Crippen LogP contribution is 2.21. The first-order valence-electron chi connectivity index (χ1n) is 6.95. The molecule has 2 rings (SSSR count). The highest BCUT2D eigenvalue weighted by atomic mass is 79.9. The lowest BCUT2D eigenvalue weighted by molar-refractivity contribution is 0.0697. The molecule has 4 nitrogen and oxygen atoms in total. The minimum atomic E-state index is -0.899. The van der Waals surface area contributed by atoms with Gasteiger partial charge in [-0.15, -0.1) is 0 Å². The average molecular weight is 342 g/mol. The molecule has 0 amide bonds. The van der Waals surface area contributed by atoms with E-state index in [9.17, 15) is 4.79 Å². The van der Waals surface area contributed by atoms with Crippen LogP contribution in [0.5, 0.6) is 0 Å². The Labute approximate surface area is 127 Å². The van der Waals surface area contributed by atoms with Crippen molar-refractivity contribution in [3.63, 3.8) is 0 Å². The summed E-state index contributed by atoms with van der Waals surface area (Å²) in [5.74, 6) is -0.899. The van der Waals surface area contributed by atoms with Gasteiger partial charge in [-0.05, 0) is 37.1 Å². The van der Waals surface area contributed by atoms with Crippen LogP contribution in [0.2, 0.25) is 0 Å². The van der Waals surface area contributed by atoms with Gasteiger partial charge >= 0.3 is 5.97 Å². The van der Waals surface area contributed by atoms with Crippen molar-refractivity contribution in [2.24, 2.45) is 0 Å². The Balaban J connectivity index is 2.01. The topological polar surface area (TPSA) is 49.8 Å². The van der Waals surface area contributed by atoms with Crippen LogP contribution in [-0.4, -0.2) is 41.8 Å². The summed E-state index contributed by atoms with van der Waals surface area (Å²) in [7, 11) is 0. The summed E-state index contributed by atoms with van der Waals surface area (Å²) in [6.07, 6.45) is 2.63. The fourth-order valence-corrected chi connectivity index (χ4v) is 2.94. The number of carboxylic acid groups (broad SMARTS) is 1. The lowest BCUT2D eigenvalue weighted by Crippen LogP contribution is -2.31. The first-order chi connectivity index (χ1) is 9.60. The number of hydrogen-bond acceptors (Lipinski definition) is 3. The van der Waals surface area contributed by atoms with Crippen molar-refractivity contribution in [3.8, 4) is 0 Å². The smallest absolute Gasteiger partial charge is 0.335 e. The molecule has 1 aliphatic heterocycles. The van der Waals surface area contributed by atoms with Gasteiger partial charge in [0.15, 0.2) is 0 Å². The van der Waals surface area contributed by atoms with E-state index in [1.807, 2.05) is 6.07 Å². The van der Waals surface area contributed by atoms with E-state index in [0.717, 1.165) is 49.1 Å². The molecule has 1 saturated heterocycles. The van der Waals surface area contributed by atoms with Crippen LogP contribution in [0.25, 0.3) is 0 Å². The lowest BCUT2D eigenvalue weighted by Gasteiger charge is -2.24. The summed E-state index contributed by atoms with van der Waals surface area (Å²) in [6, 6.07) is 5.20. The molecule has 1 aromatic rings. The van der Waals surface area contributed by atoms with Gasteiger partial charge in [0.05, 0.1) is 11.7 Å². The predicted octanol–water partition coefficient (Wildman–Crippen LogP) is 3.15. The van der Waals surface area contributed by atoms with Gasteiger partial charge in [-0.25, -0.2) is 4.79 Å². The zero-order valence-electron chi connectivity index (χ0n) is 11.6. The van der Waals surface area contributed by atoms with Crippen molar-refractivity contribution in [3.05, 3.63) is 33.8 Å². The van der Waals surface area contributed by atoms with Crippen LogP contribution in [0.3, 0.4) is 0 Å². The second kappa shape index (κ2) is 7.20. The van der Waals surface area contributed by atoms with Gasteiger partial charge in [-0.1, -0.05) is 28.9 Å². The normalized spacial score (nSPS) is 18.6. The van der Waals surface area contributed by atoms with E-state index in [-0.39, 0.29) is 0 Å². The largest absolute Gasteiger partial charge is 0.478 e. The van der Waals surface area contributed by atoms with Crippen molar-refractivity contribution < 1.29 is 14.6 Å². The number of ether oxygens (including phenoxy) is 1. The van der Waals surface area contributed by atoms with E-state index in [4.69, 9.17) is 9.84 Å². The van der Waals surface area contributed by atoms with Crippen LogP contribution in [0.1, 0.15) is 35.7 Å². The molecule has 0 aliphatic carbocycles. The molecule has 110 valence electrons. The SMILES string of the molecule is CCN(Cc1ccc(C(=O)O)cc1Br)CC1CCCO1. The third-order valence-electron chi connectivity index (χ3n) is 3.63. The molecule has 1 heterocycles. The number of benzene rings is 1. The molecular weight excluding hydrogens is 322 g/mol. The Hall–Kier alpha value is -0.910. The van der Waals surface area contributed by atoms with Gasteiger partial charge in [0, 0.05) is 24.2 Å². The molecule has 0 radical (unpaired) electrons. The monoisotopic (exact) mass is 341 g/mol. The van der Waals surface area contributed by atoms with Gasteiger partial charge in [0.2, 0.25) is 0 Å². The maximum absolute atomic E-state index is 10.9. The third-order valence-corrected chi connectivity index (χ3v) is 4.37. The second-order valence-corrected chi connectivity index (χ2v) is 5.93. The molecule has 0 spiro atoms. The van der Waals surface area contributed by atoms with Gasteiger partial charge in [-0.3, -0.25) is 4.90 Å². The number of rotatable bonds is 6. The summed E-state index contributed by atoms with van der Waals surface area (Å²) < 4.78 is 6.52. The molecule has 0 saturated carbocycles. The lowest BCUT2D eigenvalue weighted by atomic mass is 10.1. The molecule has 1 aromatic carbocycles. The Kier molecular flexibility index (Phi) is 5.57. The van der Waals surface area contributed by atoms with E-state index >= 15 is 0 Å². The van der Waals surface area contributed by atoms with Crippen LogP contribution in [0.15, 0.2) is 22.7 Å². The number of carboxylic acids is 1. The van der Waals surface area contributed by atoms with E-state index in [1.165, 1.54) is 0 Å². The van der Waals surface area contributed by atoms with Crippen molar-refractivity contribution in [2.75, 3.05) is 19.7 Å². The van der Waals surface area contributed by atoms with Crippen LogP contribution in [0, 0.1) is 0 Å². The first kappa shape index (κ1) is 15.5. The number of halogens is 1. The average Bonchev–Trinajstić information content (AvgIpc) is 2.92. The summed E-state index contributed by atoms with van der Waals surface area (Å²) in [5, 5.41) is 8.97. The van der Waals surface area contributed by atoms with Crippen molar-refractivity contribution >= 4 is 21.9 Å². The zero-order chi connectivity index (χ0) is 14.5. The maximum Gasteiger partial charge on any atom is 0.335 e. The maximum atomic E-state index is 10.9. The molecule has 20 heavy (non-hydrogen) atoms. The summed E-state index contributed by atoms with van der Waals surface area (Å²) in [4.78, 5) is 13.3. The molecule has 1 atom stereocenters. The Bertz CT molecular complexity index is 472. The fourth-order valence-electron chi connectivity index (χ4n) is 2.43. The Morgan fingerprint density at radius 2 is 2.35 bits per heavy atom. The fraction of sp³-hybridized carbons (Fsp3) is 0.533. The molecule has 0 bridgehead atoms. The summed E-state index contributed by atoms with van der Waals surface area (Å²) in [5.41, 5.74) is 1.41. The first-order valence-corrected chi connectivity index (χ1v) is 7.75. The minimum absolute atomic E-state index is 0.308. The van der Waals surface area contributed by atoms with Gasteiger partial charge < -0.3 is 9.84 Å². The zero-order valence-corrected chi connectivity index (χ0v) is 13.2. The molecule has 1 aliphatic rings. The summed E-state index contributed by atoms with van der Waals surface area (Å²) in [6.45, 7) is 5.70. The highest BCUT2D eigenvalue weighted by molar-refractivity contribution is 9.10. The van der Waals surface area contributed by atoms with E-state index in [0.29, 0.717) is 11.7 Å². The van der Waals surface area contributed by atoms with Crippen LogP contribution >= 0.6 is 15.9 Å². The number of hydrogen-bond donors (Lipinski definition) is 1. The predicted molar refractivity (Wildman–Crippen MR) is 81.0 cm³/mol. The second-order valence-electron chi connectivity index (χ2n) is 5.07. The van der Waals surface area contributed by atoms with Crippen molar-refractivity contribution in [2.45, 2.75) is 32.4 Å².